The summed E-state index contributed by atoms with van der Waals surface area (Å²) < 4.78 is 7.88. The SMILES string of the molecule is NCCc1nccn1CC1COc2ccccc21. The Kier molecular flexibility index (Phi) is 3.02. The van der Waals surface area contributed by atoms with Crippen LogP contribution in [0.1, 0.15) is 17.3 Å². The summed E-state index contributed by atoms with van der Waals surface area (Å²) in [4.78, 5) is 4.35. The molecule has 4 heteroatoms. The number of nitrogens with two attached hydrogens (primary N) is 1. The maximum atomic E-state index is 5.70. The lowest BCUT2D eigenvalue weighted by Crippen LogP contribution is -2.15. The average molecular weight is 243 g/mol. The first-order chi connectivity index (χ1) is 8.88. The van der Waals surface area contributed by atoms with E-state index in [9.17, 15) is 0 Å². The Morgan fingerprint density at radius 3 is 3.17 bits per heavy atom. The van der Waals surface area contributed by atoms with Gasteiger partial charge in [-0.3, -0.25) is 0 Å². The predicted octanol–water partition coefficient (Wildman–Crippen LogP) is 1.56. The molecule has 1 aromatic carbocycles. The number of hydrogen-bond acceptors (Lipinski definition) is 3. The van der Waals surface area contributed by atoms with Crippen molar-refractivity contribution >= 4 is 0 Å². The van der Waals surface area contributed by atoms with Gasteiger partial charge in [0.05, 0.1) is 6.61 Å². The third-order valence-electron chi connectivity index (χ3n) is 3.39. The molecule has 0 amide bonds. The lowest BCUT2D eigenvalue weighted by Gasteiger charge is -2.12. The van der Waals surface area contributed by atoms with Crippen molar-refractivity contribution in [1.82, 2.24) is 9.55 Å². The second kappa shape index (κ2) is 4.82. The van der Waals surface area contributed by atoms with E-state index in [1.807, 2.05) is 24.5 Å². The van der Waals surface area contributed by atoms with Crippen LogP contribution >= 0.6 is 0 Å². The van der Waals surface area contributed by atoms with Crippen molar-refractivity contribution < 1.29 is 4.74 Å². The van der Waals surface area contributed by atoms with Gasteiger partial charge in [-0.05, 0) is 12.6 Å². The molecule has 1 unspecified atom stereocenters. The smallest absolute Gasteiger partial charge is 0.122 e. The van der Waals surface area contributed by atoms with Gasteiger partial charge in [0.2, 0.25) is 0 Å². The van der Waals surface area contributed by atoms with Gasteiger partial charge < -0.3 is 15.0 Å². The fourth-order valence-electron chi connectivity index (χ4n) is 2.48. The third kappa shape index (κ3) is 1.99. The Hall–Kier alpha value is -1.81. The van der Waals surface area contributed by atoms with Crippen LogP contribution in [0.15, 0.2) is 36.7 Å². The van der Waals surface area contributed by atoms with E-state index >= 15 is 0 Å². The van der Waals surface area contributed by atoms with Crippen LogP contribution in [0.4, 0.5) is 0 Å². The van der Waals surface area contributed by atoms with E-state index in [0.29, 0.717) is 12.5 Å². The largest absolute Gasteiger partial charge is 0.493 e. The molecule has 0 bridgehead atoms. The Bertz CT molecular complexity index is 535. The van der Waals surface area contributed by atoms with E-state index in [0.717, 1.165) is 31.1 Å². The van der Waals surface area contributed by atoms with Gasteiger partial charge in [-0.2, -0.15) is 0 Å². The Labute approximate surface area is 106 Å². The first-order valence-corrected chi connectivity index (χ1v) is 6.30. The van der Waals surface area contributed by atoms with Gasteiger partial charge in [0, 0.05) is 36.8 Å². The Morgan fingerprint density at radius 1 is 1.39 bits per heavy atom. The first kappa shape index (κ1) is 11.3. The van der Waals surface area contributed by atoms with Crippen LogP contribution in [0.5, 0.6) is 5.75 Å². The molecule has 0 radical (unpaired) electrons. The summed E-state index contributed by atoms with van der Waals surface area (Å²) in [5, 5.41) is 0. The Morgan fingerprint density at radius 2 is 2.28 bits per heavy atom. The molecule has 18 heavy (non-hydrogen) atoms. The van der Waals surface area contributed by atoms with Crippen molar-refractivity contribution in [3.63, 3.8) is 0 Å². The molecule has 1 atom stereocenters. The minimum Gasteiger partial charge on any atom is -0.493 e. The van der Waals surface area contributed by atoms with Crippen LogP contribution in [-0.4, -0.2) is 22.7 Å². The number of nitrogens with zero attached hydrogens (tertiary/aromatic N) is 2. The van der Waals surface area contributed by atoms with Crippen molar-refractivity contribution in [2.45, 2.75) is 18.9 Å². The number of ether oxygens (including phenoxy) is 1. The van der Waals surface area contributed by atoms with Crippen LogP contribution < -0.4 is 10.5 Å². The molecular weight excluding hydrogens is 226 g/mol. The van der Waals surface area contributed by atoms with Crippen molar-refractivity contribution in [2.75, 3.05) is 13.2 Å². The van der Waals surface area contributed by atoms with Gasteiger partial charge in [0.25, 0.3) is 0 Å². The molecule has 1 aliphatic rings. The van der Waals surface area contributed by atoms with Crippen molar-refractivity contribution in [3.8, 4) is 5.75 Å². The highest BCUT2D eigenvalue weighted by molar-refractivity contribution is 5.39. The molecule has 0 aliphatic carbocycles. The summed E-state index contributed by atoms with van der Waals surface area (Å²) in [5.41, 5.74) is 6.89. The normalized spacial score (nSPS) is 17.5. The summed E-state index contributed by atoms with van der Waals surface area (Å²) in [6.45, 7) is 2.29. The number of hydrogen-bond donors (Lipinski definition) is 1. The molecule has 0 saturated carbocycles. The van der Waals surface area contributed by atoms with Gasteiger partial charge in [0.1, 0.15) is 11.6 Å². The fourth-order valence-corrected chi connectivity index (χ4v) is 2.48. The average Bonchev–Trinajstić information content (AvgIpc) is 2.99. The second-order valence-electron chi connectivity index (χ2n) is 4.58. The van der Waals surface area contributed by atoms with Crippen LogP contribution in [0.3, 0.4) is 0 Å². The van der Waals surface area contributed by atoms with Crippen molar-refractivity contribution in [1.29, 1.82) is 0 Å². The lowest BCUT2D eigenvalue weighted by molar-refractivity contribution is 0.318. The highest BCUT2D eigenvalue weighted by Crippen LogP contribution is 2.34. The van der Waals surface area contributed by atoms with Gasteiger partial charge >= 0.3 is 0 Å². The Balaban J connectivity index is 1.80. The maximum Gasteiger partial charge on any atom is 0.122 e. The molecule has 2 aromatic rings. The molecule has 1 aromatic heterocycles. The van der Waals surface area contributed by atoms with E-state index in [2.05, 4.69) is 21.7 Å². The molecule has 2 heterocycles. The summed E-state index contributed by atoms with van der Waals surface area (Å²) >= 11 is 0. The molecule has 1 aliphatic heterocycles. The molecule has 0 saturated heterocycles. The van der Waals surface area contributed by atoms with Gasteiger partial charge in [-0.15, -0.1) is 0 Å². The number of imidazole rings is 1. The molecule has 0 spiro atoms. The number of fused-ring (bicyclic) bond motifs is 1. The quantitative estimate of drug-likeness (QED) is 0.886. The van der Waals surface area contributed by atoms with Crippen LogP contribution in [0.2, 0.25) is 0 Å². The highest BCUT2D eigenvalue weighted by Gasteiger charge is 2.24. The zero-order valence-electron chi connectivity index (χ0n) is 10.2. The van der Waals surface area contributed by atoms with Crippen LogP contribution in [0.25, 0.3) is 0 Å². The van der Waals surface area contributed by atoms with Crippen LogP contribution in [-0.2, 0) is 13.0 Å². The van der Waals surface area contributed by atoms with Crippen molar-refractivity contribution in [2.24, 2.45) is 5.73 Å². The predicted molar refractivity (Wildman–Crippen MR) is 69.7 cm³/mol. The van der Waals surface area contributed by atoms with Gasteiger partial charge in [0.15, 0.2) is 0 Å². The summed E-state index contributed by atoms with van der Waals surface area (Å²) in [5.74, 6) is 2.48. The number of para-hydroxylation sites is 1. The lowest BCUT2D eigenvalue weighted by atomic mass is 10.0. The molecule has 0 fully saturated rings. The van der Waals surface area contributed by atoms with E-state index < -0.39 is 0 Å². The van der Waals surface area contributed by atoms with Crippen LogP contribution in [0, 0.1) is 0 Å². The topological polar surface area (TPSA) is 53.1 Å². The zero-order valence-corrected chi connectivity index (χ0v) is 10.2. The molecular formula is C14H17N3O. The minimum atomic E-state index is 0.409. The monoisotopic (exact) mass is 243 g/mol. The zero-order chi connectivity index (χ0) is 12.4. The standard InChI is InChI=1S/C14H17N3O/c15-6-5-14-16-7-8-17(14)9-11-10-18-13-4-2-1-3-12(11)13/h1-4,7-8,11H,5-6,9-10,15H2. The summed E-state index contributed by atoms with van der Waals surface area (Å²) in [6, 6.07) is 8.25. The number of rotatable bonds is 4. The van der Waals surface area contributed by atoms with E-state index in [-0.39, 0.29) is 0 Å². The van der Waals surface area contributed by atoms with Gasteiger partial charge in [-0.1, -0.05) is 18.2 Å². The molecule has 94 valence electrons. The fraction of sp³-hybridized carbons (Fsp3) is 0.357. The molecule has 2 N–H and O–H groups in total. The van der Waals surface area contributed by atoms with Gasteiger partial charge in [-0.25, -0.2) is 4.98 Å². The van der Waals surface area contributed by atoms with Crippen molar-refractivity contribution in [3.05, 3.63) is 48.0 Å². The summed E-state index contributed by atoms with van der Waals surface area (Å²) in [6.07, 6.45) is 4.68. The third-order valence-corrected chi connectivity index (χ3v) is 3.39. The summed E-state index contributed by atoms with van der Waals surface area (Å²) in [7, 11) is 0. The maximum absolute atomic E-state index is 5.70. The van der Waals surface area contributed by atoms with E-state index in [1.54, 1.807) is 0 Å². The molecule has 4 nitrogen and oxygen atoms in total. The van der Waals surface area contributed by atoms with E-state index in [4.69, 9.17) is 10.5 Å². The minimum absolute atomic E-state index is 0.409. The second-order valence-corrected chi connectivity index (χ2v) is 4.58. The number of aromatic nitrogens is 2. The first-order valence-electron chi connectivity index (χ1n) is 6.30. The highest BCUT2D eigenvalue weighted by atomic mass is 16.5. The van der Waals surface area contributed by atoms with E-state index in [1.165, 1.54) is 5.56 Å². The molecule has 3 rings (SSSR count). The number of benzene rings is 1.